The Morgan fingerprint density at radius 2 is 2.24 bits per heavy atom. The van der Waals surface area contributed by atoms with Crippen LogP contribution in [0.25, 0.3) is 0 Å². The maximum Gasteiger partial charge on any atom is 0.224 e. The van der Waals surface area contributed by atoms with Gasteiger partial charge in [-0.05, 0) is 37.1 Å². The molecule has 0 spiro atoms. The van der Waals surface area contributed by atoms with Crippen LogP contribution < -0.4 is 5.32 Å². The summed E-state index contributed by atoms with van der Waals surface area (Å²) in [6.45, 7) is 1.04. The largest absolute Gasteiger partial charge is 0.326 e. The average Bonchev–Trinajstić information content (AvgIpc) is 2.35. The molecule has 0 saturated carbocycles. The third kappa shape index (κ3) is 3.30. The molecule has 1 aromatic carbocycles. The van der Waals surface area contributed by atoms with Gasteiger partial charge in [0.15, 0.2) is 0 Å². The Kier molecular flexibility index (Phi) is 4.18. The van der Waals surface area contributed by atoms with Crippen molar-refractivity contribution in [2.45, 2.75) is 19.3 Å². The topological polar surface area (TPSA) is 32.3 Å². The molecule has 0 bridgehead atoms. The second-order valence-electron chi connectivity index (χ2n) is 4.49. The Hall–Kier alpha value is -0.870. The van der Waals surface area contributed by atoms with Gasteiger partial charge >= 0.3 is 0 Å². The van der Waals surface area contributed by atoms with Crippen molar-refractivity contribution in [3.63, 3.8) is 0 Å². The van der Waals surface area contributed by atoms with Crippen molar-refractivity contribution < 1.29 is 4.79 Å². The zero-order chi connectivity index (χ0) is 12.3. The number of nitrogens with zero attached hydrogens (tertiary/aromatic N) is 1. The average molecular weight is 297 g/mol. The number of fused-ring (bicyclic) bond motifs is 1. The molecule has 1 amide bonds. The van der Waals surface area contributed by atoms with E-state index >= 15 is 0 Å². The standard InChI is InChI=1S/C13H17BrN2O/c1-16(9-14)7-6-10-2-4-12-11(8-10)3-5-13(17)15-12/h2,4,8H,3,5-7,9H2,1H3,(H,15,17). The molecule has 1 aliphatic rings. The maximum absolute atomic E-state index is 11.2. The summed E-state index contributed by atoms with van der Waals surface area (Å²) in [5.74, 6) is 0.129. The molecule has 0 aliphatic carbocycles. The van der Waals surface area contributed by atoms with Crippen molar-refractivity contribution in [1.29, 1.82) is 0 Å². The molecule has 0 atom stereocenters. The lowest BCUT2D eigenvalue weighted by atomic mass is 9.99. The summed E-state index contributed by atoms with van der Waals surface area (Å²) in [4.78, 5) is 13.5. The van der Waals surface area contributed by atoms with Gasteiger partial charge in [-0.15, -0.1) is 0 Å². The zero-order valence-electron chi connectivity index (χ0n) is 10.0. The van der Waals surface area contributed by atoms with Crippen molar-refractivity contribution in [3.05, 3.63) is 29.3 Å². The van der Waals surface area contributed by atoms with Crippen molar-refractivity contribution in [1.82, 2.24) is 4.90 Å². The number of hydrogen-bond donors (Lipinski definition) is 1. The molecule has 0 saturated heterocycles. The lowest BCUT2D eigenvalue weighted by molar-refractivity contribution is -0.116. The molecule has 3 nitrogen and oxygen atoms in total. The summed E-state index contributed by atoms with van der Waals surface area (Å²) in [5.41, 5.74) is 4.49. The molecule has 0 unspecified atom stereocenters. The number of alkyl halides is 1. The third-order valence-electron chi connectivity index (χ3n) is 3.05. The van der Waals surface area contributed by atoms with Crippen molar-refractivity contribution >= 4 is 27.5 Å². The lowest BCUT2D eigenvalue weighted by Gasteiger charge is -2.18. The molecule has 1 N–H and O–H groups in total. The number of amides is 1. The quantitative estimate of drug-likeness (QED) is 0.683. The Bertz CT molecular complexity index is 420. The molecule has 0 fully saturated rings. The van der Waals surface area contributed by atoms with Crippen molar-refractivity contribution in [2.75, 3.05) is 24.4 Å². The molecule has 1 aromatic rings. The van der Waals surface area contributed by atoms with Gasteiger partial charge in [-0.2, -0.15) is 0 Å². The second kappa shape index (κ2) is 5.65. The number of benzene rings is 1. The number of nitrogens with one attached hydrogen (secondary N) is 1. The van der Waals surface area contributed by atoms with Gasteiger partial charge in [0.25, 0.3) is 0 Å². The van der Waals surface area contributed by atoms with E-state index in [1.54, 1.807) is 0 Å². The molecule has 17 heavy (non-hydrogen) atoms. The number of rotatable bonds is 4. The molecular formula is C13H17BrN2O. The van der Waals surface area contributed by atoms with E-state index in [9.17, 15) is 4.79 Å². The molecule has 92 valence electrons. The monoisotopic (exact) mass is 296 g/mol. The number of hydrogen-bond acceptors (Lipinski definition) is 2. The molecule has 2 rings (SSSR count). The normalized spacial score (nSPS) is 14.6. The predicted molar refractivity (Wildman–Crippen MR) is 73.5 cm³/mol. The van der Waals surface area contributed by atoms with Gasteiger partial charge in [0.05, 0.1) is 5.45 Å². The maximum atomic E-state index is 11.2. The highest BCUT2D eigenvalue weighted by atomic mass is 79.9. The molecule has 4 heteroatoms. The number of anilines is 1. The fourth-order valence-corrected chi connectivity index (χ4v) is 2.22. The first-order valence-corrected chi connectivity index (χ1v) is 6.97. The Balaban J connectivity index is 2.04. The SMILES string of the molecule is CN(CBr)CCc1ccc2c(c1)CCC(=O)N2. The fourth-order valence-electron chi connectivity index (χ4n) is 1.97. The van der Waals surface area contributed by atoms with E-state index in [0.717, 1.165) is 30.5 Å². The Morgan fingerprint density at radius 1 is 1.41 bits per heavy atom. The smallest absolute Gasteiger partial charge is 0.224 e. The van der Waals surface area contributed by atoms with E-state index < -0.39 is 0 Å². The summed E-state index contributed by atoms with van der Waals surface area (Å²) in [7, 11) is 2.09. The van der Waals surface area contributed by atoms with Gasteiger partial charge in [0.1, 0.15) is 0 Å². The van der Waals surface area contributed by atoms with Crippen LogP contribution in [0.3, 0.4) is 0 Å². The van der Waals surface area contributed by atoms with Gasteiger partial charge in [0, 0.05) is 18.7 Å². The summed E-state index contributed by atoms with van der Waals surface area (Å²) < 4.78 is 0. The number of halogens is 1. The van der Waals surface area contributed by atoms with Gasteiger partial charge in [0.2, 0.25) is 5.91 Å². The first-order chi connectivity index (χ1) is 8.19. The van der Waals surface area contributed by atoms with E-state index in [-0.39, 0.29) is 5.91 Å². The number of likely N-dealkylation sites (N-methyl/N-ethyl adjacent to an activating group) is 1. The van der Waals surface area contributed by atoms with Gasteiger partial charge in [-0.25, -0.2) is 0 Å². The van der Waals surface area contributed by atoms with Crippen LogP contribution in [0.15, 0.2) is 18.2 Å². The predicted octanol–water partition coefficient (Wildman–Crippen LogP) is 2.40. The van der Waals surface area contributed by atoms with Crippen LogP contribution in [0.5, 0.6) is 0 Å². The van der Waals surface area contributed by atoms with Crippen LogP contribution in [0.2, 0.25) is 0 Å². The molecule has 0 aromatic heterocycles. The van der Waals surface area contributed by atoms with Crippen LogP contribution >= 0.6 is 15.9 Å². The van der Waals surface area contributed by atoms with E-state index in [0.29, 0.717) is 6.42 Å². The van der Waals surface area contributed by atoms with E-state index in [4.69, 9.17) is 0 Å². The summed E-state index contributed by atoms with van der Waals surface area (Å²) in [6, 6.07) is 6.35. The van der Waals surface area contributed by atoms with E-state index in [2.05, 4.69) is 45.3 Å². The van der Waals surface area contributed by atoms with Crippen LogP contribution in [0.4, 0.5) is 5.69 Å². The highest BCUT2D eigenvalue weighted by molar-refractivity contribution is 9.09. The first-order valence-electron chi connectivity index (χ1n) is 5.85. The second-order valence-corrected chi connectivity index (χ2v) is 4.99. The van der Waals surface area contributed by atoms with Crippen molar-refractivity contribution in [2.24, 2.45) is 0 Å². The van der Waals surface area contributed by atoms with Gasteiger partial charge in [-0.1, -0.05) is 28.1 Å². The Labute approximate surface area is 110 Å². The fraction of sp³-hybridized carbons (Fsp3) is 0.462. The van der Waals surface area contributed by atoms with Crippen LogP contribution in [-0.2, 0) is 17.6 Å². The van der Waals surface area contributed by atoms with E-state index in [1.165, 1.54) is 11.1 Å². The molecular weight excluding hydrogens is 280 g/mol. The van der Waals surface area contributed by atoms with Crippen molar-refractivity contribution in [3.8, 4) is 0 Å². The van der Waals surface area contributed by atoms with Crippen LogP contribution in [-0.4, -0.2) is 29.9 Å². The minimum atomic E-state index is 0.129. The van der Waals surface area contributed by atoms with E-state index in [1.807, 2.05) is 6.07 Å². The number of carbonyl (C=O) groups excluding carboxylic acids is 1. The lowest BCUT2D eigenvalue weighted by Crippen LogP contribution is -2.20. The summed E-state index contributed by atoms with van der Waals surface area (Å²) >= 11 is 3.43. The van der Waals surface area contributed by atoms with Gasteiger partial charge in [-0.3, -0.25) is 9.69 Å². The van der Waals surface area contributed by atoms with Gasteiger partial charge < -0.3 is 5.32 Å². The first kappa shape index (κ1) is 12.6. The number of aryl methyl sites for hydroxylation is 1. The van der Waals surface area contributed by atoms with Crippen LogP contribution in [0, 0.1) is 0 Å². The minimum absolute atomic E-state index is 0.129. The highest BCUT2D eigenvalue weighted by Crippen LogP contribution is 2.23. The molecule has 1 aliphatic heterocycles. The minimum Gasteiger partial charge on any atom is -0.326 e. The number of carbonyl (C=O) groups is 1. The molecule has 1 heterocycles. The summed E-state index contributed by atoms with van der Waals surface area (Å²) in [5, 5.41) is 2.91. The highest BCUT2D eigenvalue weighted by Gasteiger charge is 2.14. The molecule has 0 radical (unpaired) electrons. The zero-order valence-corrected chi connectivity index (χ0v) is 11.6. The summed E-state index contributed by atoms with van der Waals surface area (Å²) in [6.07, 6.45) is 2.52. The van der Waals surface area contributed by atoms with Crippen LogP contribution in [0.1, 0.15) is 17.5 Å². The third-order valence-corrected chi connectivity index (χ3v) is 3.91. The Morgan fingerprint density at radius 3 is 3.00 bits per heavy atom.